The largest absolute Gasteiger partial charge is 0.302 e. The van der Waals surface area contributed by atoms with Gasteiger partial charge >= 0.3 is 0 Å². The number of hydrogen-bond acceptors (Lipinski definition) is 3. The Morgan fingerprint density at radius 1 is 1.44 bits per heavy atom. The van der Waals surface area contributed by atoms with Crippen molar-refractivity contribution in [1.29, 1.82) is 0 Å². The fourth-order valence-corrected chi connectivity index (χ4v) is 4.00. The van der Waals surface area contributed by atoms with Crippen LogP contribution in [0.1, 0.15) is 59.3 Å². The van der Waals surface area contributed by atoms with Gasteiger partial charge in [-0.3, -0.25) is 11.3 Å². The molecule has 1 aliphatic rings. The summed E-state index contributed by atoms with van der Waals surface area (Å²) in [6.07, 6.45) is 7.72. The number of hydrazine groups is 1. The van der Waals surface area contributed by atoms with Crippen molar-refractivity contribution >= 4 is 0 Å². The van der Waals surface area contributed by atoms with E-state index in [1.165, 1.54) is 38.5 Å². The van der Waals surface area contributed by atoms with Gasteiger partial charge in [0.2, 0.25) is 0 Å². The molecule has 0 bridgehead atoms. The van der Waals surface area contributed by atoms with Crippen LogP contribution in [0.4, 0.5) is 0 Å². The Morgan fingerprint density at radius 3 is 2.56 bits per heavy atom. The van der Waals surface area contributed by atoms with Crippen molar-refractivity contribution in [2.45, 2.75) is 70.9 Å². The first-order valence-electron chi connectivity index (χ1n) is 7.61. The van der Waals surface area contributed by atoms with Crippen molar-refractivity contribution in [3.8, 4) is 0 Å². The second kappa shape index (κ2) is 6.88. The van der Waals surface area contributed by atoms with Crippen LogP contribution < -0.4 is 11.3 Å². The summed E-state index contributed by atoms with van der Waals surface area (Å²) in [7, 11) is 4.45. The topological polar surface area (TPSA) is 41.3 Å². The molecule has 0 aromatic rings. The number of likely N-dealkylation sites (N-methyl/N-ethyl adjacent to an activating group) is 1. The zero-order valence-electron chi connectivity index (χ0n) is 13.0. The quantitative estimate of drug-likeness (QED) is 0.566. The first-order valence-corrected chi connectivity index (χ1v) is 7.61. The molecule has 0 amide bonds. The Hall–Kier alpha value is -0.120. The normalized spacial score (nSPS) is 32.5. The van der Waals surface area contributed by atoms with Crippen molar-refractivity contribution in [2.24, 2.45) is 17.7 Å². The number of nitrogens with one attached hydrogen (secondary N) is 1. The van der Waals surface area contributed by atoms with Gasteiger partial charge in [0.1, 0.15) is 0 Å². The maximum atomic E-state index is 5.93. The van der Waals surface area contributed by atoms with Gasteiger partial charge in [-0.2, -0.15) is 0 Å². The predicted octanol–water partition coefficient (Wildman–Crippen LogP) is 2.77. The second-order valence-corrected chi connectivity index (χ2v) is 6.61. The standard InChI is InChI=1S/C15H33N3/c1-6-8-13(3)14(17-16)15(18(4)5)10-7-9-12(2)11-15/h12-14,17H,6-11,16H2,1-5H3. The van der Waals surface area contributed by atoms with Gasteiger partial charge in [-0.05, 0) is 45.2 Å². The van der Waals surface area contributed by atoms with E-state index >= 15 is 0 Å². The average Bonchev–Trinajstić information content (AvgIpc) is 2.30. The van der Waals surface area contributed by atoms with E-state index in [0.717, 1.165) is 5.92 Å². The maximum Gasteiger partial charge on any atom is 0.0420 e. The molecular weight excluding hydrogens is 222 g/mol. The molecule has 0 heterocycles. The molecule has 0 radical (unpaired) electrons. The molecule has 4 unspecified atom stereocenters. The first-order chi connectivity index (χ1) is 8.47. The molecule has 0 spiro atoms. The minimum absolute atomic E-state index is 0.237. The van der Waals surface area contributed by atoms with Crippen LogP contribution >= 0.6 is 0 Å². The molecule has 0 aromatic carbocycles. The molecule has 108 valence electrons. The molecule has 1 rings (SSSR count). The van der Waals surface area contributed by atoms with Crippen LogP contribution in [-0.2, 0) is 0 Å². The highest BCUT2D eigenvalue weighted by Gasteiger charge is 2.45. The minimum Gasteiger partial charge on any atom is -0.302 e. The van der Waals surface area contributed by atoms with E-state index in [2.05, 4.69) is 45.2 Å². The lowest BCUT2D eigenvalue weighted by atomic mass is 9.68. The Labute approximate surface area is 113 Å². The highest BCUT2D eigenvalue weighted by molar-refractivity contribution is 5.02. The predicted molar refractivity (Wildman–Crippen MR) is 79.2 cm³/mol. The highest BCUT2D eigenvalue weighted by Crippen LogP contribution is 2.40. The molecule has 0 aliphatic heterocycles. The van der Waals surface area contributed by atoms with Crippen LogP contribution in [0.2, 0.25) is 0 Å². The molecule has 4 atom stereocenters. The monoisotopic (exact) mass is 255 g/mol. The van der Waals surface area contributed by atoms with Gasteiger partial charge in [0.25, 0.3) is 0 Å². The lowest BCUT2D eigenvalue weighted by Crippen LogP contribution is -2.64. The SMILES string of the molecule is CCCC(C)C(NN)C1(N(C)C)CCCC(C)C1. The van der Waals surface area contributed by atoms with Crippen molar-refractivity contribution in [1.82, 2.24) is 10.3 Å². The van der Waals surface area contributed by atoms with Gasteiger partial charge < -0.3 is 4.90 Å². The van der Waals surface area contributed by atoms with E-state index in [-0.39, 0.29) is 5.54 Å². The van der Waals surface area contributed by atoms with Crippen LogP contribution in [0, 0.1) is 11.8 Å². The Balaban J connectivity index is 2.93. The van der Waals surface area contributed by atoms with Crippen molar-refractivity contribution < 1.29 is 0 Å². The summed E-state index contributed by atoms with van der Waals surface area (Å²) in [5, 5.41) is 0. The zero-order chi connectivity index (χ0) is 13.8. The maximum absolute atomic E-state index is 5.93. The molecule has 1 fully saturated rings. The number of rotatable bonds is 6. The fraction of sp³-hybridized carbons (Fsp3) is 1.00. The van der Waals surface area contributed by atoms with E-state index in [1.807, 2.05) is 0 Å². The number of nitrogens with two attached hydrogens (primary N) is 1. The summed E-state index contributed by atoms with van der Waals surface area (Å²) < 4.78 is 0. The third-order valence-corrected chi connectivity index (χ3v) is 4.97. The molecule has 1 aliphatic carbocycles. The minimum atomic E-state index is 0.237. The summed E-state index contributed by atoms with van der Waals surface area (Å²) in [6.45, 7) is 6.99. The van der Waals surface area contributed by atoms with Crippen molar-refractivity contribution in [2.75, 3.05) is 14.1 Å². The van der Waals surface area contributed by atoms with Crippen LogP contribution in [0.15, 0.2) is 0 Å². The van der Waals surface area contributed by atoms with Gasteiger partial charge in [0.15, 0.2) is 0 Å². The molecular formula is C15H33N3. The summed E-state index contributed by atoms with van der Waals surface area (Å²) in [5.74, 6) is 7.37. The lowest BCUT2D eigenvalue weighted by molar-refractivity contribution is 0.0167. The third kappa shape index (κ3) is 3.25. The molecule has 3 nitrogen and oxygen atoms in total. The van der Waals surface area contributed by atoms with Gasteiger partial charge in [-0.15, -0.1) is 0 Å². The molecule has 1 saturated carbocycles. The first kappa shape index (κ1) is 15.9. The molecule has 0 saturated heterocycles. The van der Waals surface area contributed by atoms with Crippen molar-refractivity contribution in [3.05, 3.63) is 0 Å². The van der Waals surface area contributed by atoms with E-state index in [0.29, 0.717) is 12.0 Å². The van der Waals surface area contributed by atoms with Crippen LogP contribution in [0.5, 0.6) is 0 Å². The fourth-order valence-electron chi connectivity index (χ4n) is 4.00. The van der Waals surface area contributed by atoms with E-state index in [4.69, 9.17) is 5.84 Å². The number of hydrogen-bond donors (Lipinski definition) is 2. The van der Waals surface area contributed by atoms with Crippen LogP contribution in [-0.4, -0.2) is 30.6 Å². The second-order valence-electron chi connectivity index (χ2n) is 6.61. The van der Waals surface area contributed by atoms with Crippen molar-refractivity contribution in [3.63, 3.8) is 0 Å². The van der Waals surface area contributed by atoms with E-state index < -0.39 is 0 Å². The highest BCUT2D eigenvalue weighted by atomic mass is 15.3. The van der Waals surface area contributed by atoms with Gasteiger partial charge in [-0.25, -0.2) is 0 Å². The Morgan fingerprint density at radius 2 is 2.11 bits per heavy atom. The average molecular weight is 255 g/mol. The van der Waals surface area contributed by atoms with Gasteiger partial charge in [0.05, 0.1) is 0 Å². The smallest absolute Gasteiger partial charge is 0.0420 e. The van der Waals surface area contributed by atoms with Gasteiger partial charge in [-0.1, -0.05) is 40.0 Å². The molecule has 0 aromatic heterocycles. The van der Waals surface area contributed by atoms with Crippen LogP contribution in [0.25, 0.3) is 0 Å². The molecule has 18 heavy (non-hydrogen) atoms. The van der Waals surface area contributed by atoms with E-state index in [9.17, 15) is 0 Å². The summed E-state index contributed by atoms with van der Waals surface area (Å²) in [4.78, 5) is 2.43. The zero-order valence-corrected chi connectivity index (χ0v) is 13.0. The van der Waals surface area contributed by atoms with Gasteiger partial charge in [0, 0.05) is 11.6 Å². The summed E-state index contributed by atoms with van der Waals surface area (Å²) in [6, 6.07) is 0.398. The summed E-state index contributed by atoms with van der Waals surface area (Å²) in [5.41, 5.74) is 3.39. The lowest BCUT2D eigenvalue weighted by Gasteiger charge is -2.51. The Bertz CT molecular complexity index is 242. The number of nitrogens with zero attached hydrogens (tertiary/aromatic N) is 1. The molecule has 3 N–H and O–H groups in total. The van der Waals surface area contributed by atoms with E-state index in [1.54, 1.807) is 0 Å². The Kier molecular flexibility index (Phi) is 6.09. The molecule has 3 heteroatoms. The third-order valence-electron chi connectivity index (χ3n) is 4.97. The van der Waals surface area contributed by atoms with Crippen LogP contribution in [0.3, 0.4) is 0 Å². The summed E-state index contributed by atoms with van der Waals surface area (Å²) >= 11 is 0.